The summed E-state index contributed by atoms with van der Waals surface area (Å²) in [4.78, 5) is 2.31. The van der Waals surface area contributed by atoms with E-state index in [0.717, 1.165) is 43.0 Å². The number of ether oxygens (including phenoxy) is 2. The molecule has 0 amide bonds. The highest BCUT2D eigenvalue weighted by atomic mass is 16.5. The number of piperidine rings is 1. The number of methoxy groups -OCH3 is 1. The number of benzene rings is 1. The fraction of sp³-hybridized carbons (Fsp3) is 0.600. The second-order valence-corrected chi connectivity index (χ2v) is 5.71. The van der Waals surface area contributed by atoms with Gasteiger partial charge in [-0.15, -0.1) is 0 Å². The second kappa shape index (κ2) is 4.69. The molecular weight excluding hydrogens is 242 g/mol. The van der Waals surface area contributed by atoms with Crippen LogP contribution in [0.1, 0.15) is 30.9 Å². The summed E-state index contributed by atoms with van der Waals surface area (Å²) >= 11 is 0. The summed E-state index contributed by atoms with van der Waals surface area (Å²) in [5, 5.41) is 10.4. The van der Waals surface area contributed by atoms with E-state index in [2.05, 4.69) is 11.9 Å². The summed E-state index contributed by atoms with van der Waals surface area (Å²) in [7, 11) is 3.77. The fourth-order valence-corrected chi connectivity index (χ4v) is 3.07. The van der Waals surface area contributed by atoms with Gasteiger partial charge in [-0.3, -0.25) is 0 Å². The average Bonchev–Trinajstić information content (AvgIpc) is 2.42. The van der Waals surface area contributed by atoms with Gasteiger partial charge in [-0.25, -0.2) is 0 Å². The molecule has 4 heteroatoms. The summed E-state index contributed by atoms with van der Waals surface area (Å²) < 4.78 is 11.5. The van der Waals surface area contributed by atoms with Crippen molar-refractivity contribution < 1.29 is 14.6 Å². The predicted octanol–water partition coefficient (Wildman–Crippen LogP) is 1.98. The molecule has 1 spiro atoms. The van der Waals surface area contributed by atoms with Crippen LogP contribution < -0.4 is 9.47 Å². The number of rotatable bonds is 1. The number of nitrogens with zero attached hydrogens (tertiary/aromatic N) is 1. The van der Waals surface area contributed by atoms with Crippen LogP contribution in [0.2, 0.25) is 0 Å². The first-order chi connectivity index (χ1) is 9.12. The fourth-order valence-electron chi connectivity index (χ4n) is 3.07. The first kappa shape index (κ1) is 12.8. The molecule has 0 aromatic heterocycles. The van der Waals surface area contributed by atoms with Gasteiger partial charge in [0.1, 0.15) is 17.1 Å². The summed E-state index contributed by atoms with van der Waals surface area (Å²) in [6, 6.07) is 5.66. The number of aliphatic hydroxyl groups is 1. The normalized spacial score (nSPS) is 25.7. The Morgan fingerprint density at radius 3 is 2.79 bits per heavy atom. The van der Waals surface area contributed by atoms with Crippen molar-refractivity contribution in [3.05, 3.63) is 23.8 Å². The van der Waals surface area contributed by atoms with Crippen molar-refractivity contribution in [2.24, 2.45) is 0 Å². The topological polar surface area (TPSA) is 41.9 Å². The van der Waals surface area contributed by atoms with Crippen molar-refractivity contribution in [1.29, 1.82) is 0 Å². The molecule has 1 fully saturated rings. The molecule has 19 heavy (non-hydrogen) atoms. The molecule has 4 nitrogen and oxygen atoms in total. The Kier molecular flexibility index (Phi) is 3.15. The molecule has 1 N–H and O–H groups in total. The molecule has 3 rings (SSSR count). The van der Waals surface area contributed by atoms with E-state index in [9.17, 15) is 5.11 Å². The Morgan fingerprint density at radius 2 is 2.11 bits per heavy atom. The standard InChI is InChI=1S/C15H21NO3/c1-16-7-5-15(6-8-16)10-13(17)12-4-3-11(18-2)9-14(12)19-15/h3-4,9,13,17H,5-8,10H2,1-2H3/t13-/m0/s1. The van der Waals surface area contributed by atoms with Crippen molar-refractivity contribution in [3.8, 4) is 11.5 Å². The highest BCUT2D eigenvalue weighted by molar-refractivity contribution is 5.44. The van der Waals surface area contributed by atoms with Gasteiger partial charge in [0.15, 0.2) is 0 Å². The predicted molar refractivity (Wildman–Crippen MR) is 72.7 cm³/mol. The lowest BCUT2D eigenvalue weighted by molar-refractivity contribution is -0.0504. The number of likely N-dealkylation sites (tertiary alicyclic amines) is 1. The molecule has 2 heterocycles. The molecule has 0 unspecified atom stereocenters. The van der Waals surface area contributed by atoms with E-state index in [4.69, 9.17) is 9.47 Å². The van der Waals surface area contributed by atoms with Gasteiger partial charge in [0, 0.05) is 31.1 Å². The van der Waals surface area contributed by atoms with Crippen LogP contribution in [0.3, 0.4) is 0 Å². The maximum absolute atomic E-state index is 10.4. The molecule has 0 radical (unpaired) electrons. The zero-order chi connectivity index (χ0) is 13.5. The zero-order valence-electron chi connectivity index (χ0n) is 11.6. The zero-order valence-corrected chi connectivity index (χ0v) is 11.6. The van der Waals surface area contributed by atoms with E-state index in [1.165, 1.54) is 0 Å². The maximum atomic E-state index is 10.4. The molecule has 2 aliphatic heterocycles. The minimum absolute atomic E-state index is 0.203. The molecule has 0 bridgehead atoms. The van der Waals surface area contributed by atoms with E-state index in [1.807, 2.05) is 18.2 Å². The average molecular weight is 263 g/mol. The van der Waals surface area contributed by atoms with Crippen molar-refractivity contribution in [2.45, 2.75) is 31.0 Å². The van der Waals surface area contributed by atoms with Crippen LogP contribution in [0, 0.1) is 0 Å². The highest BCUT2D eigenvalue weighted by Gasteiger charge is 2.42. The second-order valence-electron chi connectivity index (χ2n) is 5.71. The van der Waals surface area contributed by atoms with E-state index < -0.39 is 6.10 Å². The molecular formula is C15H21NO3. The first-order valence-corrected chi connectivity index (χ1v) is 6.85. The number of hydrogen-bond acceptors (Lipinski definition) is 4. The van der Waals surface area contributed by atoms with Gasteiger partial charge in [0.05, 0.1) is 13.2 Å². The molecule has 1 aromatic carbocycles. The van der Waals surface area contributed by atoms with Crippen molar-refractivity contribution in [3.63, 3.8) is 0 Å². The summed E-state index contributed by atoms with van der Waals surface area (Å²) in [5.41, 5.74) is 0.677. The van der Waals surface area contributed by atoms with Crippen LogP contribution in [-0.2, 0) is 0 Å². The lowest BCUT2D eigenvalue weighted by Gasteiger charge is -2.45. The lowest BCUT2D eigenvalue weighted by atomic mass is 9.82. The van der Waals surface area contributed by atoms with Crippen LogP contribution in [0.15, 0.2) is 18.2 Å². The molecule has 1 atom stereocenters. The minimum Gasteiger partial charge on any atom is -0.497 e. The molecule has 1 saturated heterocycles. The molecule has 0 saturated carbocycles. The van der Waals surface area contributed by atoms with Gasteiger partial charge >= 0.3 is 0 Å². The van der Waals surface area contributed by atoms with Crippen LogP contribution in [-0.4, -0.2) is 42.9 Å². The first-order valence-electron chi connectivity index (χ1n) is 6.85. The van der Waals surface area contributed by atoms with Crippen molar-refractivity contribution >= 4 is 0 Å². The van der Waals surface area contributed by atoms with Crippen LogP contribution in [0.5, 0.6) is 11.5 Å². The van der Waals surface area contributed by atoms with Gasteiger partial charge in [-0.2, -0.15) is 0 Å². The molecule has 1 aromatic rings. The van der Waals surface area contributed by atoms with Crippen molar-refractivity contribution in [2.75, 3.05) is 27.2 Å². The Balaban J connectivity index is 1.89. The largest absolute Gasteiger partial charge is 0.497 e. The molecule has 104 valence electrons. The summed E-state index contributed by atoms with van der Waals surface area (Å²) in [5.74, 6) is 1.55. The van der Waals surface area contributed by atoms with Crippen LogP contribution in [0.25, 0.3) is 0 Å². The smallest absolute Gasteiger partial charge is 0.129 e. The SMILES string of the molecule is COc1ccc2c(c1)OC1(CCN(C)CC1)C[C@@H]2O. The van der Waals surface area contributed by atoms with Gasteiger partial charge < -0.3 is 19.5 Å². The van der Waals surface area contributed by atoms with E-state index in [1.54, 1.807) is 7.11 Å². The van der Waals surface area contributed by atoms with Gasteiger partial charge in [0.2, 0.25) is 0 Å². The highest BCUT2D eigenvalue weighted by Crippen LogP contribution is 2.45. The third-order valence-corrected chi connectivity index (χ3v) is 4.37. The number of fused-ring (bicyclic) bond motifs is 1. The quantitative estimate of drug-likeness (QED) is 0.841. The van der Waals surface area contributed by atoms with Gasteiger partial charge in [0.25, 0.3) is 0 Å². The van der Waals surface area contributed by atoms with Gasteiger partial charge in [-0.1, -0.05) is 0 Å². The molecule has 0 aliphatic carbocycles. The van der Waals surface area contributed by atoms with Crippen LogP contribution in [0.4, 0.5) is 0 Å². The third kappa shape index (κ3) is 2.30. The number of aliphatic hydroxyl groups excluding tert-OH is 1. The van der Waals surface area contributed by atoms with Gasteiger partial charge in [-0.05, 0) is 32.0 Å². The summed E-state index contributed by atoms with van der Waals surface area (Å²) in [6.07, 6.45) is 2.20. The van der Waals surface area contributed by atoms with E-state index in [0.29, 0.717) is 6.42 Å². The van der Waals surface area contributed by atoms with Crippen molar-refractivity contribution in [1.82, 2.24) is 4.90 Å². The Morgan fingerprint density at radius 1 is 1.37 bits per heavy atom. The minimum atomic E-state index is -0.432. The monoisotopic (exact) mass is 263 g/mol. The maximum Gasteiger partial charge on any atom is 0.129 e. The number of hydrogen-bond donors (Lipinski definition) is 1. The molecule has 2 aliphatic rings. The van der Waals surface area contributed by atoms with Crippen LogP contribution >= 0.6 is 0 Å². The Bertz CT molecular complexity index is 466. The Labute approximate surface area is 113 Å². The lowest BCUT2D eigenvalue weighted by Crippen LogP contribution is -2.49. The summed E-state index contributed by atoms with van der Waals surface area (Å²) in [6.45, 7) is 2.04. The Hall–Kier alpha value is -1.26. The van der Waals surface area contributed by atoms with E-state index in [-0.39, 0.29) is 5.60 Å². The van der Waals surface area contributed by atoms with E-state index >= 15 is 0 Å². The third-order valence-electron chi connectivity index (χ3n) is 4.37.